The van der Waals surface area contributed by atoms with Gasteiger partial charge in [0.05, 0.1) is 12.2 Å². The summed E-state index contributed by atoms with van der Waals surface area (Å²) >= 11 is 3.46. The molecule has 2 aromatic rings. The van der Waals surface area contributed by atoms with E-state index >= 15 is 0 Å². The molecule has 0 saturated heterocycles. The largest absolute Gasteiger partial charge is 0.364 e. The molecular formula is C18H22BrNO. The zero-order chi connectivity index (χ0) is 15.2. The van der Waals surface area contributed by atoms with E-state index in [4.69, 9.17) is 10.5 Å². The highest BCUT2D eigenvalue weighted by Crippen LogP contribution is 2.30. The number of hydrogen-bond acceptors (Lipinski definition) is 2. The van der Waals surface area contributed by atoms with Gasteiger partial charge in [0.2, 0.25) is 0 Å². The van der Waals surface area contributed by atoms with Crippen LogP contribution in [0.25, 0.3) is 0 Å². The average molecular weight is 348 g/mol. The first-order valence-electron chi connectivity index (χ1n) is 7.33. The SMILES string of the molecule is CCC(N)C(OC(C)c1ccccc1)c1ccc(Br)cc1. The van der Waals surface area contributed by atoms with Gasteiger partial charge in [-0.25, -0.2) is 0 Å². The Hall–Kier alpha value is -1.16. The highest BCUT2D eigenvalue weighted by atomic mass is 79.9. The van der Waals surface area contributed by atoms with Crippen LogP contribution >= 0.6 is 15.9 Å². The molecule has 2 rings (SSSR count). The Kier molecular flexibility index (Phi) is 5.97. The first kappa shape index (κ1) is 16.2. The third-order valence-electron chi connectivity index (χ3n) is 3.68. The molecule has 0 heterocycles. The summed E-state index contributed by atoms with van der Waals surface area (Å²) in [6.45, 7) is 4.16. The molecule has 0 aliphatic heterocycles. The van der Waals surface area contributed by atoms with E-state index < -0.39 is 0 Å². The standard InChI is InChI=1S/C18H22BrNO/c1-3-17(20)18(15-9-11-16(19)12-10-15)21-13(2)14-7-5-4-6-8-14/h4-13,17-18H,3,20H2,1-2H3. The maximum Gasteiger partial charge on any atom is 0.0983 e. The van der Waals surface area contributed by atoms with Crippen LogP contribution in [0.1, 0.15) is 43.6 Å². The van der Waals surface area contributed by atoms with Crippen molar-refractivity contribution >= 4 is 15.9 Å². The minimum Gasteiger partial charge on any atom is -0.364 e. The number of ether oxygens (including phenoxy) is 1. The van der Waals surface area contributed by atoms with Gasteiger partial charge < -0.3 is 10.5 Å². The number of nitrogens with two attached hydrogens (primary N) is 1. The van der Waals surface area contributed by atoms with Crippen molar-refractivity contribution in [1.29, 1.82) is 0 Å². The van der Waals surface area contributed by atoms with Gasteiger partial charge in [0.1, 0.15) is 0 Å². The van der Waals surface area contributed by atoms with Crippen LogP contribution in [0.15, 0.2) is 59.1 Å². The fraction of sp³-hybridized carbons (Fsp3) is 0.333. The summed E-state index contributed by atoms with van der Waals surface area (Å²) in [4.78, 5) is 0. The molecule has 0 amide bonds. The first-order chi connectivity index (χ1) is 10.1. The lowest BCUT2D eigenvalue weighted by molar-refractivity contribution is -0.0199. The van der Waals surface area contributed by atoms with Crippen molar-refractivity contribution in [2.24, 2.45) is 5.73 Å². The molecule has 2 aromatic carbocycles. The summed E-state index contributed by atoms with van der Waals surface area (Å²) in [7, 11) is 0. The van der Waals surface area contributed by atoms with Crippen LogP contribution in [-0.2, 0) is 4.74 Å². The van der Waals surface area contributed by atoms with E-state index in [-0.39, 0.29) is 18.2 Å². The lowest BCUT2D eigenvalue weighted by atomic mass is 10.00. The van der Waals surface area contributed by atoms with Crippen molar-refractivity contribution < 1.29 is 4.74 Å². The summed E-state index contributed by atoms with van der Waals surface area (Å²) < 4.78 is 7.34. The van der Waals surface area contributed by atoms with Gasteiger partial charge in [-0.15, -0.1) is 0 Å². The van der Waals surface area contributed by atoms with Crippen LogP contribution in [0, 0.1) is 0 Å². The van der Waals surface area contributed by atoms with Crippen molar-refractivity contribution in [1.82, 2.24) is 0 Å². The molecule has 0 spiro atoms. The van der Waals surface area contributed by atoms with Crippen molar-refractivity contribution in [3.8, 4) is 0 Å². The zero-order valence-electron chi connectivity index (χ0n) is 12.5. The predicted octanol–water partition coefficient (Wildman–Crippen LogP) is 5.01. The Morgan fingerprint density at radius 2 is 1.62 bits per heavy atom. The molecular weight excluding hydrogens is 326 g/mol. The molecule has 21 heavy (non-hydrogen) atoms. The highest BCUT2D eigenvalue weighted by molar-refractivity contribution is 9.10. The van der Waals surface area contributed by atoms with Crippen molar-refractivity contribution in [2.75, 3.05) is 0 Å². The van der Waals surface area contributed by atoms with Gasteiger partial charge in [0.25, 0.3) is 0 Å². The Morgan fingerprint density at radius 1 is 1.00 bits per heavy atom. The van der Waals surface area contributed by atoms with Gasteiger partial charge in [-0.05, 0) is 36.6 Å². The van der Waals surface area contributed by atoms with E-state index in [2.05, 4.69) is 54.0 Å². The maximum atomic E-state index is 6.28. The molecule has 2 N–H and O–H groups in total. The molecule has 112 valence electrons. The van der Waals surface area contributed by atoms with Crippen LogP contribution in [0.4, 0.5) is 0 Å². The van der Waals surface area contributed by atoms with E-state index in [1.165, 1.54) is 5.56 Å². The minimum atomic E-state index is -0.0988. The molecule has 0 radical (unpaired) electrons. The molecule has 0 saturated carbocycles. The van der Waals surface area contributed by atoms with Crippen molar-refractivity contribution in [3.05, 3.63) is 70.2 Å². The molecule has 3 unspecified atom stereocenters. The normalized spacial score (nSPS) is 15.4. The number of hydrogen-bond donors (Lipinski definition) is 1. The van der Waals surface area contributed by atoms with Crippen LogP contribution < -0.4 is 5.73 Å². The third kappa shape index (κ3) is 4.40. The van der Waals surface area contributed by atoms with E-state index in [9.17, 15) is 0 Å². The van der Waals surface area contributed by atoms with Crippen molar-refractivity contribution in [3.63, 3.8) is 0 Å². The Labute approximate surface area is 135 Å². The second kappa shape index (κ2) is 7.74. The molecule has 0 bridgehead atoms. The average Bonchev–Trinajstić information content (AvgIpc) is 2.53. The van der Waals surface area contributed by atoms with Gasteiger partial charge in [-0.3, -0.25) is 0 Å². The summed E-state index contributed by atoms with van der Waals surface area (Å²) in [6.07, 6.45) is 0.790. The smallest absolute Gasteiger partial charge is 0.0983 e. The summed E-state index contributed by atoms with van der Waals surface area (Å²) in [5.74, 6) is 0. The lowest BCUT2D eigenvalue weighted by Gasteiger charge is -2.27. The van der Waals surface area contributed by atoms with Gasteiger partial charge in [-0.1, -0.05) is 65.3 Å². The van der Waals surface area contributed by atoms with Crippen LogP contribution in [-0.4, -0.2) is 6.04 Å². The Bertz CT molecular complexity index is 541. The molecule has 0 aliphatic carbocycles. The Balaban J connectivity index is 2.19. The molecule has 0 fully saturated rings. The van der Waals surface area contributed by atoms with E-state index in [1.54, 1.807) is 0 Å². The summed E-state index contributed by atoms with van der Waals surface area (Å²) in [5, 5.41) is 0. The molecule has 0 aromatic heterocycles. The van der Waals surface area contributed by atoms with Crippen LogP contribution in [0.2, 0.25) is 0 Å². The highest BCUT2D eigenvalue weighted by Gasteiger charge is 2.22. The first-order valence-corrected chi connectivity index (χ1v) is 8.12. The number of rotatable bonds is 6. The second-order valence-electron chi connectivity index (χ2n) is 5.23. The lowest BCUT2D eigenvalue weighted by Crippen LogP contribution is -2.30. The summed E-state index contributed by atoms with van der Waals surface area (Å²) in [5.41, 5.74) is 8.57. The van der Waals surface area contributed by atoms with E-state index in [1.807, 2.05) is 30.3 Å². The Morgan fingerprint density at radius 3 is 2.19 bits per heavy atom. The van der Waals surface area contributed by atoms with Crippen molar-refractivity contribution in [2.45, 2.75) is 38.5 Å². The second-order valence-corrected chi connectivity index (χ2v) is 6.15. The minimum absolute atomic E-state index is 0.0115. The monoisotopic (exact) mass is 347 g/mol. The fourth-order valence-electron chi connectivity index (χ4n) is 2.32. The summed E-state index contributed by atoms with van der Waals surface area (Å²) in [6, 6.07) is 18.4. The van der Waals surface area contributed by atoms with E-state index in [0.29, 0.717) is 0 Å². The molecule has 0 aliphatic rings. The van der Waals surface area contributed by atoms with Crippen LogP contribution in [0.3, 0.4) is 0 Å². The molecule has 3 heteroatoms. The quantitative estimate of drug-likeness (QED) is 0.797. The number of halogens is 1. The van der Waals surface area contributed by atoms with Gasteiger partial charge in [0, 0.05) is 10.5 Å². The van der Waals surface area contributed by atoms with Crippen LogP contribution in [0.5, 0.6) is 0 Å². The van der Waals surface area contributed by atoms with Gasteiger partial charge >= 0.3 is 0 Å². The predicted molar refractivity (Wildman–Crippen MR) is 91.1 cm³/mol. The number of benzene rings is 2. The fourth-order valence-corrected chi connectivity index (χ4v) is 2.58. The van der Waals surface area contributed by atoms with Gasteiger partial charge in [-0.2, -0.15) is 0 Å². The topological polar surface area (TPSA) is 35.2 Å². The third-order valence-corrected chi connectivity index (χ3v) is 4.21. The van der Waals surface area contributed by atoms with Gasteiger partial charge in [0.15, 0.2) is 0 Å². The van der Waals surface area contributed by atoms with E-state index in [0.717, 1.165) is 16.5 Å². The molecule has 3 atom stereocenters. The maximum absolute atomic E-state index is 6.28. The zero-order valence-corrected chi connectivity index (χ0v) is 14.1. The molecule has 2 nitrogen and oxygen atoms in total.